The average molecular weight is 510 g/mol. The summed E-state index contributed by atoms with van der Waals surface area (Å²) in [4.78, 5) is 4.98. The van der Waals surface area contributed by atoms with Gasteiger partial charge >= 0.3 is 0 Å². The van der Waals surface area contributed by atoms with Crippen LogP contribution in [-0.4, -0.2) is 63.4 Å². The van der Waals surface area contributed by atoms with E-state index in [1.54, 1.807) is 16.4 Å². The summed E-state index contributed by atoms with van der Waals surface area (Å²) in [6.45, 7) is 5.59. The van der Waals surface area contributed by atoms with Crippen molar-refractivity contribution in [3.8, 4) is 0 Å². The van der Waals surface area contributed by atoms with Gasteiger partial charge in [-0.2, -0.15) is 4.31 Å². The van der Waals surface area contributed by atoms with Gasteiger partial charge in [-0.15, -0.1) is 0 Å². The maximum absolute atomic E-state index is 13.4. The average Bonchev–Trinajstić information content (AvgIpc) is 2.91. The standard InChI is InChI=1S/C28H32FN3O3S/c29-24-11-13-25(14-12-24)31-19-17-30(18-20-31)15-6-16-32-21-27(35-22-23-7-2-1-3-8-23)26-9-4-5-10-28(26)36(32,33)34/h1-5,7-14,27H,6,15-22H2. The Kier molecular flexibility index (Phi) is 7.67. The van der Waals surface area contributed by atoms with Crippen molar-refractivity contribution < 1.29 is 17.5 Å². The fraction of sp³-hybridized carbons (Fsp3) is 0.357. The Balaban J connectivity index is 1.17. The topological polar surface area (TPSA) is 53.1 Å². The minimum Gasteiger partial charge on any atom is -0.369 e. The zero-order valence-electron chi connectivity index (χ0n) is 20.3. The molecule has 0 aliphatic carbocycles. The maximum atomic E-state index is 13.4. The lowest BCUT2D eigenvalue weighted by Gasteiger charge is -2.37. The molecule has 0 N–H and O–H groups in total. The number of ether oxygens (including phenoxy) is 1. The highest BCUT2D eigenvalue weighted by Crippen LogP contribution is 2.35. The summed E-state index contributed by atoms with van der Waals surface area (Å²) in [5.41, 5.74) is 2.84. The van der Waals surface area contributed by atoms with E-state index in [0.717, 1.165) is 56.0 Å². The van der Waals surface area contributed by atoms with Crippen molar-refractivity contribution in [1.82, 2.24) is 9.21 Å². The molecule has 1 saturated heterocycles. The van der Waals surface area contributed by atoms with Crippen LogP contribution in [0.1, 0.15) is 23.7 Å². The molecule has 0 spiro atoms. The van der Waals surface area contributed by atoms with Crippen LogP contribution in [0, 0.1) is 5.82 Å². The van der Waals surface area contributed by atoms with Gasteiger partial charge in [0.05, 0.1) is 17.6 Å². The molecule has 0 bridgehead atoms. The van der Waals surface area contributed by atoms with Gasteiger partial charge in [0.1, 0.15) is 5.82 Å². The second-order valence-electron chi connectivity index (χ2n) is 9.34. The fourth-order valence-corrected chi connectivity index (χ4v) is 6.71. The van der Waals surface area contributed by atoms with Gasteiger partial charge in [-0.05, 0) is 48.9 Å². The molecule has 6 nitrogen and oxygen atoms in total. The highest BCUT2D eigenvalue weighted by atomic mass is 32.2. The van der Waals surface area contributed by atoms with Gasteiger partial charge in [-0.1, -0.05) is 48.5 Å². The summed E-state index contributed by atoms with van der Waals surface area (Å²) in [7, 11) is -3.55. The van der Waals surface area contributed by atoms with E-state index in [1.165, 1.54) is 12.1 Å². The van der Waals surface area contributed by atoms with Crippen molar-refractivity contribution in [2.45, 2.75) is 24.0 Å². The lowest BCUT2D eigenvalue weighted by atomic mass is 10.1. The molecule has 0 amide bonds. The van der Waals surface area contributed by atoms with Crippen molar-refractivity contribution in [1.29, 1.82) is 0 Å². The Morgan fingerprint density at radius 1 is 0.833 bits per heavy atom. The molecular formula is C28H32FN3O3S. The Hall–Kier alpha value is -2.78. The number of hydrogen-bond donors (Lipinski definition) is 0. The van der Waals surface area contributed by atoms with Gasteiger partial charge in [0.2, 0.25) is 10.0 Å². The molecule has 0 saturated carbocycles. The summed E-state index contributed by atoms with van der Waals surface area (Å²) >= 11 is 0. The Morgan fingerprint density at radius 3 is 2.28 bits per heavy atom. The first-order valence-electron chi connectivity index (χ1n) is 12.5. The summed E-state index contributed by atoms with van der Waals surface area (Å²) < 4.78 is 47.7. The van der Waals surface area contributed by atoms with Crippen LogP contribution in [0.15, 0.2) is 83.8 Å². The van der Waals surface area contributed by atoms with E-state index < -0.39 is 10.0 Å². The number of sulfonamides is 1. The van der Waals surface area contributed by atoms with Gasteiger partial charge in [0.25, 0.3) is 0 Å². The summed E-state index contributed by atoms with van der Waals surface area (Å²) in [5.74, 6) is -0.222. The highest BCUT2D eigenvalue weighted by Gasteiger charge is 2.37. The fourth-order valence-electron chi connectivity index (χ4n) is 4.98. The lowest BCUT2D eigenvalue weighted by Crippen LogP contribution is -2.47. The third kappa shape index (κ3) is 5.62. The molecule has 2 heterocycles. The first-order valence-corrected chi connectivity index (χ1v) is 13.9. The molecule has 2 aliphatic rings. The van der Waals surface area contributed by atoms with E-state index >= 15 is 0 Å². The number of benzene rings is 3. The van der Waals surface area contributed by atoms with E-state index in [0.29, 0.717) is 24.6 Å². The number of anilines is 1. The predicted octanol–water partition coefficient (Wildman–Crippen LogP) is 4.30. The lowest BCUT2D eigenvalue weighted by molar-refractivity contribution is 0.0220. The second kappa shape index (κ2) is 11.1. The largest absolute Gasteiger partial charge is 0.369 e. The van der Waals surface area contributed by atoms with E-state index in [2.05, 4.69) is 9.80 Å². The molecule has 1 fully saturated rings. The van der Waals surface area contributed by atoms with E-state index in [-0.39, 0.29) is 11.9 Å². The molecule has 0 radical (unpaired) electrons. The van der Waals surface area contributed by atoms with Crippen LogP contribution in [-0.2, 0) is 21.4 Å². The molecule has 0 aromatic heterocycles. The first-order chi connectivity index (χ1) is 17.5. The SMILES string of the molecule is O=S1(=O)c2ccccc2C(OCc2ccccc2)CN1CCCN1CCN(c2ccc(F)cc2)CC1. The summed E-state index contributed by atoms with van der Waals surface area (Å²) in [6.07, 6.45) is 0.452. The van der Waals surface area contributed by atoms with Gasteiger partial charge < -0.3 is 9.64 Å². The third-order valence-corrected chi connectivity index (χ3v) is 8.93. The number of piperazine rings is 1. The first kappa shape index (κ1) is 24.9. The van der Waals surface area contributed by atoms with Crippen molar-refractivity contribution in [2.75, 3.05) is 50.7 Å². The molecule has 1 unspecified atom stereocenters. The van der Waals surface area contributed by atoms with Crippen molar-refractivity contribution >= 4 is 15.7 Å². The van der Waals surface area contributed by atoms with Crippen LogP contribution in [0.25, 0.3) is 0 Å². The molecule has 3 aromatic carbocycles. The minimum absolute atomic E-state index is 0.222. The summed E-state index contributed by atoms with van der Waals surface area (Å²) in [6, 6.07) is 23.8. The Labute approximate surface area is 213 Å². The molecule has 36 heavy (non-hydrogen) atoms. The van der Waals surface area contributed by atoms with Crippen molar-refractivity contribution in [2.24, 2.45) is 0 Å². The number of hydrogen-bond acceptors (Lipinski definition) is 5. The van der Waals surface area contributed by atoms with Gasteiger partial charge in [-0.3, -0.25) is 4.90 Å². The number of rotatable bonds is 8. The highest BCUT2D eigenvalue weighted by molar-refractivity contribution is 7.89. The monoisotopic (exact) mass is 509 g/mol. The van der Waals surface area contributed by atoms with Crippen molar-refractivity contribution in [3.05, 3.63) is 95.8 Å². The van der Waals surface area contributed by atoms with Gasteiger partial charge in [0, 0.05) is 50.5 Å². The number of nitrogens with zero attached hydrogens (tertiary/aromatic N) is 3. The zero-order valence-corrected chi connectivity index (χ0v) is 21.1. The minimum atomic E-state index is -3.55. The van der Waals surface area contributed by atoms with Gasteiger partial charge in [-0.25, -0.2) is 12.8 Å². The van der Waals surface area contributed by atoms with Crippen LogP contribution in [0.2, 0.25) is 0 Å². The Bertz CT molecular complexity index is 1250. The van der Waals surface area contributed by atoms with Crippen molar-refractivity contribution in [3.63, 3.8) is 0 Å². The molecule has 5 rings (SSSR count). The molecule has 8 heteroatoms. The molecule has 3 aromatic rings. The molecular weight excluding hydrogens is 477 g/mol. The quantitative estimate of drug-likeness (QED) is 0.453. The van der Waals surface area contributed by atoms with E-state index in [9.17, 15) is 12.8 Å². The van der Waals surface area contributed by atoms with Gasteiger partial charge in [0.15, 0.2) is 0 Å². The maximum Gasteiger partial charge on any atom is 0.243 e. The third-order valence-electron chi connectivity index (χ3n) is 6.99. The molecule has 2 aliphatic heterocycles. The normalized spacial score (nSPS) is 20.2. The van der Waals surface area contributed by atoms with Crippen LogP contribution < -0.4 is 4.90 Å². The van der Waals surface area contributed by atoms with Crippen LogP contribution >= 0.6 is 0 Å². The summed E-state index contributed by atoms with van der Waals surface area (Å²) in [5, 5.41) is 0. The number of halogens is 1. The second-order valence-corrected chi connectivity index (χ2v) is 11.3. The molecule has 190 valence electrons. The van der Waals surface area contributed by atoms with Crippen LogP contribution in [0.5, 0.6) is 0 Å². The molecule has 1 atom stereocenters. The predicted molar refractivity (Wildman–Crippen MR) is 139 cm³/mol. The smallest absolute Gasteiger partial charge is 0.243 e. The Morgan fingerprint density at radius 2 is 1.53 bits per heavy atom. The van der Waals surface area contributed by atoms with Crippen LogP contribution in [0.3, 0.4) is 0 Å². The van der Waals surface area contributed by atoms with E-state index in [4.69, 9.17) is 4.74 Å². The zero-order chi connectivity index (χ0) is 25.0. The number of fused-ring (bicyclic) bond motifs is 1. The van der Waals surface area contributed by atoms with Crippen LogP contribution in [0.4, 0.5) is 10.1 Å². The van der Waals surface area contributed by atoms with E-state index in [1.807, 2.05) is 54.6 Å².